The number of ether oxygens (including phenoxy) is 1. The van der Waals surface area contributed by atoms with Gasteiger partial charge < -0.3 is 9.84 Å². The Bertz CT molecular complexity index is 726. The van der Waals surface area contributed by atoms with Crippen LogP contribution >= 0.6 is 0 Å². The zero-order valence-electron chi connectivity index (χ0n) is 21.1. The van der Waals surface area contributed by atoms with Gasteiger partial charge in [0.2, 0.25) is 0 Å². The lowest BCUT2D eigenvalue weighted by Gasteiger charge is -2.56. The normalized spacial score (nSPS) is 50.1. The van der Waals surface area contributed by atoms with Gasteiger partial charge in [-0.1, -0.05) is 66.0 Å². The van der Waals surface area contributed by atoms with Gasteiger partial charge in [0, 0.05) is 11.8 Å². The molecule has 4 aliphatic carbocycles. The number of epoxide rings is 1. The van der Waals surface area contributed by atoms with E-state index in [9.17, 15) is 5.11 Å². The Labute approximate surface area is 191 Å². The predicted octanol–water partition coefficient (Wildman–Crippen LogP) is 7.16. The van der Waals surface area contributed by atoms with Crippen LogP contribution in [-0.4, -0.2) is 22.9 Å². The Hall–Kier alpha value is -0.340. The van der Waals surface area contributed by atoms with E-state index in [1.165, 1.54) is 44.9 Å². The van der Waals surface area contributed by atoms with Gasteiger partial charge in [0.25, 0.3) is 0 Å². The Kier molecular flexibility index (Phi) is 5.50. The predicted molar refractivity (Wildman–Crippen MR) is 128 cm³/mol. The Morgan fingerprint density at radius 2 is 1.81 bits per heavy atom. The molecular weight excluding hydrogens is 380 g/mol. The van der Waals surface area contributed by atoms with Gasteiger partial charge in [-0.15, -0.1) is 0 Å². The van der Waals surface area contributed by atoms with E-state index in [1.54, 1.807) is 5.57 Å². The number of allylic oxidation sites excluding steroid dienone is 1. The zero-order valence-corrected chi connectivity index (χ0v) is 21.1. The van der Waals surface area contributed by atoms with Gasteiger partial charge in [-0.25, -0.2) is 0 Å². The molecule has 1 N–H and O–H groups in total. The fourth-order valence-electron chi connectivity index (χ4n) is 9.57. The Morgan fingerprint density at radius 3 is 2.52 bits per heavy atom. The first kappa shape index (κ1) is 22.5. The van der Waals surface area contributed by atoms with Crippen molar-refractivity contribution in [3.8, 4) is 0 Å². The molecule has 4 fully saturated rings. The van der Waals surface area contributed by atoms with Crippen LogP contribution in [0.25, 0.3) is 0 Å². The number of aliphatic hydroxyl groups is 1. The maximum atomic E-state index is 10.4. The molecule has 3 saturated carbocycles. The van der Waals surface area contributed by atoms with E-state index in [-0.39, 0.29) is 23.2 Å². The third-order valence-electron chi connectivity index (χ3n) is 11.7. The lowest BCUT2D eigenvalue weighted by molar-refractivity contribution is -0.0537. The number of rotatable bonds is 6. The van der Waals surface area contributed by atoms with E-state index in [0.29, 0.717) is 11.3 Å². The smallest absolute Gasteiger partial charge is 0.107 e. The van der Waals surface area contributed by atoms with Crippen LogP contribution in [0.5, 0.6) is 0 Å². The van der Waals surface area contributed by atoms with Crippen LogP contribution in [0.4, 0.5) is 0 Å². The number of aliphatic hydroxyl groups excluding tert-OH is 1. The fourth-order valence-corrected chi connectivity index (χ4v) is 9.57. The minimum atomic E-state index is -0.156. The van der Waals surface area contributed by atoms with Gasteiger partial charge in [-0.05, 0) is 85.9 Å². The van der Waals surface area contributed by atoms with Gasteiger partial charge in [0.1, 0.15) is 11.7 Å². The van der Waals surface area contributed by atoms with Crippen molar-refractivity contribution >= 4 is 0 Å². The summed E-state index contributed by atoms with van der Waals surface area (Å²) in [5, 5.41) is 10.4. The minimum absolute atomic E-state index is 0.0378. The highest BCUT2D eigenvalue weighted by Crippen LogP contribution is 2.72. The lowest BCUT2D eigenvalue weighted by Crippen LogP contribution is -2.55. The molecule has 1 aliphatic heterocycles. The second kappa shape index (κ2) is 7.59. The van der Waals surface area contributed by atoms with Crippen molar-refractivity contribution in [1.29, 1.82) is 0 Å². The summed E-state index contributed by atoms with van der Waals surface area (Å²) in [6.45, 7) is 15.0. The molecule has 0 amide bonds. The van der Waals surface area contributed by atoms with E-state index in [0.717, 1.165) is 48.9 Å². The average molecular weight is 429 g/mol. The molecule has 1 saturated heterocycles. The van der Waals surface area contributed by atoms with E-state index in [4.69, 9.17) is 4.74 Å². The van der Waals surface area contributed by atoms with Gasteiger partial charge in [0.05, 0.1) is 6.10 Å². The van der Waals surface area contributed by atoms with Crippen molar-refractivity contribution in [2.45, 2.75) is 124 Å². The summed E-state index contributed by atoms with van der Waals surface area (Å²) in [6, 6.07) is 0. The molecule has 0 bridgehead atoms. The molecule has 5 aliphatic rings. The number of hydrogen-bond donors (Lipinski definition) is 1. The topological polar surface area (TPSA) is 32.8 Å². The zero-order chi connectivity index (χ0) is 22.2. The molecule has 1 heterocycles. The van der Waals surface area contributed by atoms with Crippen molar-refractivity contribution in [2.75, 3.05) is 0 Å². The first-order valence-electron chi connectivity index (χ1n) is 13.7. The third kappa shape index (κ3) is 3.17. The van der Waals surface area contributed by atoms with Crippen molar-refractivity contribution in [2.24, 2.45) is 46.3 Å². The van der Waals surface area contributed by atoms with Crippen LogP contribution in [-0.2, 0) is 4.74 Å². The van der Waals surface area contributed by atoms with E-state index >= 15 is 0 Å². The molecule has 0 radical (unpaired) electrons. The van der Waals surface area contributed by atoms with Crippen molar-refractivity contribution in [3.05, 3.63) is 11.6 Å². The van der Waals surface area contributed by atoms with Gasteiger partial charge in [-0.3, -0.25) is 0 Å². The number of hydrogen-bond acceptors (Lipinski definition) is 2. The van der Waals surface area contributed by atoms with Crippen LogP contribution in [0.2, 0.25) is 0 Å². The Balaban J connectivity index is 1.35. The largest absolute Gasteiger partial charge is 0.393 e. The minimum Gasteiger partial charge on any atom is -0.393 e. The maximum absolute atomic E-state index is 10.4. The molecule has 2 heteroatoms. The van der Waals surface area contributed by atoms with E-state index < -0.39 is 0 Å². The lowest BCUT2D eigenvalue weighted by atomic mass is 9.47. The van der Waals surface area contributed by atoms with Crippen molar-refractivity contribution in [3.63, 3.8) is 0 Å². The average Bonchev–Trinajstić information content (AvgIpc) is 3.29. The molecule has 176 valence electrons. The second-order valence-electron chi connectivity index (χ2n) is 13.2. The van der Waals surface area contributed by atoms with Crippen LogP contribution in [0, 0.1) is 46.3 Å². The summed E-state index contributed by atoms with van der Waals surface area (Å²) in [5.41, 5.74) is 2.48. The van der Waals surface area contributed by atoms with E-state index in [1.807, 2.05) is 0 Å². The van der Waals surface area contributed by atoms with E-state index in [2.05, 4.69) is 47.6 Å². The second-order valence-corrected chi connectivity index (χ2v) is 13.2. The third-order valence-corrected chi connectivity index (χ3v) is 11.7. The van der Waals surface area contributed by atoms with Gasteiger partial charge in [-0.2, -0.15) is 0 Å². The van der Waals surface area contributed by atoms with Crippen LogP contribution in [0.3, 0.4) is 0 Å². The Morgan fingerprint density at radius 1 is 1.03 bits per heavy atom. The molecule has 0 aromatic carbocycles. The standard InChI is InChI=1S/C29H48O2/c1-7-20(18(2)3)9-8-19(4)23-10-11-24-22-16-26-29(31-26)17-21(30)12-15-28(29,6)25(22)13-14-27(23,24)5/h16,18-21,23-26,30H,7-15,17H2,1-6H3. The molecular formula is C29H48O2. The maximum Gasteiger partial charge on any atom is 0.107 e. The molecule has 5 rings (SSSR count). The van der Waals surface area contributed by atoms with Gasteiger partial charge >= 0.3 is 0 Å². The molecule has 1 spiro atoms. The first-order chi connectivity index (χ1) is 14.7. The first-order valence-corrected chi connectivity index (χ1v) is 13.7. The summed E-state index contributed by atoms with van der Waals surface area (Å²) in [4.78, 5) is 0. The summed E-state index contributed by atoms with van der Waals surface area (Å²) >= 11 is 0. The summed E-state index contributed by atoms with van der Waals surface area (Å²) in [7, 11) is 0. The van der Waals surface area contributed by atoms with Crippen LogP contribution in [0.1, 0.15) is 106 Å². The highest BCUT2D eigenvalue weighted by molar-refractivity contribution is 5.38. The number of fused-ring (bicyclic) bond motifs is 4. The highest BCUT2D eigenvalue weighted by atomic mass is 16.6. The van der Waals surface area contributed by atoms with Crippen LogP contribution in [0.15, 0.2) is 11.6 Å². The molecule has 2 nitrogen and oxygen atoms in total. The molecule has 0 aromatic rings. The summed E-state index contributed by atoms with van der Waals surface area (Å²) < 4.78 is 6.45. The summed E-state index contributed by atoms with van der Waals surface area (Å²) in [6.07, 6.45) is 15.4. The monoisotopic (exact) mass is 428 g/mol. The van der Waals surface area contributed by atoms with Crippen molar-refractivity contribution in [1.82, 2.24) is 0 Å². The molecule has 31 heavy (non-hydrogen) atoms. The molecule has 10 atom stereocenters. The van der Waals surface area contributed by atoms with Crippen molar-refractivity contribution < 1.29 is 9.84 Å². The molecule has 10 unspecified atom stereocenters. The van der Waals surface area contributed by atoms with Crippen LogP contribution < -0.4 is 0 Å². The summed E-state index contributed by atoms with van der Waals surface area (Å²) in [5.74, 6) is 4.91. The van der Waals surface area contributed by atoms with Gasteiger partial charge in [0.15, 0.2) is 0 Å². The fraction of sp³-hybridized carbons (Fsp3) is 0.931. The quantitative estimate of drug-likeness (QED) is 0.360. The SMILES string of the molecule is CCC(CCC(C)C1CCC2C3=CC4OC45CC(O)CCC5(C)C3CCC21C)C(C)C. The molecule has 0 aromatic heterocycles. The highest BCUT2D eigenvalue weighted by Gasteiger charge is 2.73.